The van der Waals surface area contributed by atoms with Crippen molar-refractivity contribution in [3.63, 3.8) is 0 Å². The SMILES string of the molecule is CCN(C1(CN)CCCC1)S(=O)(=O)NCC(C)C. The zero-order chi connectivity index (χ0) is 13.8. The van der Waals surface area contributed by atoms with Gasteiger partial charge in [-0.25, -0.2) is 4.72 Å². The zero-order valence-electron chi connectivity index (χ0n) is 11.8. The molecule has 0 aliphatic heterocycles. The van der Waals surface area contributed by atoms with E-state index in [0.29, 0.717) is 25.6 Å². The van der Waals surface area contributed by atoms with Gasteiger partial charge in [-0.05, 0) is 18.8 Å². The summed E-state index contributed by atoms with van der Waals surface area (Å²) < 4.78 is 29.0. The maximum Gasteiger partial charge on any atom is 0.279 e. The lowest BCUT2D eigenvalue weighted by atomic mass is 9.98. The van der Waals surface area contributed by atoms with Gasteiger partial charge in [0.05, 0.1) is 0 Å². The Morgan fingerprint density at radius 1 is 1.33 bits per heavy atom. The molecule has 0 aromatic rings. The van der Waals surface area contributed by atoms with Crippen molar-refractivity contribution in [3.05, 3.63) is 0 Å². The molecule has 3 N–H and O–H groups in total. The van der Waals surface area contributed by atoms with E-state index in [4.69, 9.17) is 5.73 Å². The number of rotatable bonds is 7. The van der Waals surface area contributed by atoms with Gasteiger partial charge in [0.1, 0.15) is 0 Å². The quantitative estimate of drug-likeness (QED) is 0.731. The molecule has 108 valence electrons. The van der Waals surface area contributed by atoms with Crippen LogP contribution in [0.3, 0.4) is 0 Å². The Labute approximate surface area is 111 Å². The molecule has 0 unspecified atom stereocenters. The Morgan fingerprint density at radius 3 is 2.28 bits per heavy atom. The maximum absolute atomic E-state index is 12.4. The third kappa shape index (κ3) is 3.44. The fourth-order valence-electron chi connectivity index (χ4n) is 2.70. The van der Waals surface area contributed by atoms with Crippen molar-refractivity contribution < 1.29 is 8.42 Å². The van der Waals surface area contributed by atoms with Gasteiger partial charge in [-0.15, -0.1) is 0 Å². The highest BCUT2D eigenvalue weighted by Crippen LogP contribution is 2.35. The molecule has 0 bridgehead atoms. The monoisotopic (exact) mass is 277 g/mol. The summed E-state index contributed by atoms with van der Waals surface area (Å²) in [5.74, 6) is 0.302. The molecule has 0 aromatic heterocycles. The van der Waals surface area contributed by atoms with Crippen molar-refractivity contribution in [2.75, 3.05) is 19.6 Å². The van der Waals surface area contributed by atoms with Gasteiger partial charge in [0, 0.05) is 25.2 Å². The number of nitrogens with zero attached hydrogens (tertiary/aromatic N) is 1. The van der Waals surface area contributed by atoms with E-state index >= 15 is 0 Å². The van der Waals surface area contributed by atoms with E-state index < -0.39 is 10.2 Å². The Balaban J connectivity index is 2.87. The lowest BCUT2D eigenvalue weighted by Gasteiger charge is -2.38. The van der Waals surface area contributed by atoms with Gasteiger partial charge >= 0.3 is 0 Å². The summed E-state index contributed by atoms with van der Waals surface area (Å²) in [6.45, 7) is 7.22. The largest absolute Gasteiger partial charge is 0.329 e. The molecular weight excluding hydrogens is 250 g/mol. The lowest BCUT2D eigenvalue weighted by Crippen LogP contribution is -2.57. The first-order valence-corrected chi connectivity index (χ1v) is 8.29. The number of nitrogens with two attached hydrogens (primary N) is 1. The van der Waals surface area contributed by atoms with Gasteiger partial charge in [-0.3, -0.25) is 0 Å². The molecule has 0 atom stereocenters. The van der Waals surface area contributed by atoms with Crippen LogP contribution in [0, 0.1) is 5.92 Å². The highest BCUT2D eigenvalue weighted by molar-refractivity contribution is 7.87. The zero-order valence-corrected chi connectivity index (χ0v) is 12.6. The van der Waals surface area contributed by atoms with Crippen molar-refractivity contribution in [1.29, 1.82) is 0 Å². The number of likely N-dealkylation sites (N-methyl/N-ethyl adjacent to an activating group) is 1. The Bertz CT molecular complexity index is 348. The molecule has 1 fully saturated rings. The minimum Gasteiger partial charge on any atom is -0.329 e. The first-order valence-electron chi connectivity index (χ1n) is 6.85. The second-order valence-corrected chi connectivity index (χ2v) is 7.23. The van der Waals surface area contributed by atoms with Crippen LogP contribution >= 0.6 is 0 Å². The van der Waals surface area contributed by atoms with Crippen LogP contribution in [0.1, 0.15) is 46.5 Å². The van der Waals surface area contributed by atoms with Crippen LogP contribution in [-0.2, 0) is 10.2 Å². The van der Waals surface area contributed by atoms with E-state index in [-0.39, 0.29) is 5.54 Å². The molecule has 0 spiro atoms. The Kier molecular flexibility index (Phi) is 5.58. The molecule has 1 aliphatic carbocycles. The molecule has 1 saturated carbocycles. The van der Waals surface area contributed by atoms with Crippen LogP contribution in [0.5, 0.6) is 0 Å². The minimum absolute atomic E-state index is 0.302. The molecule has 0 heterocycles. The van der Waals surface area contributed by atoms with Gasteiger partial charge in [0.15, 0.2) is 0 Å². The van der Waals surface area contributed by atoms with Crippen LogP contribution < -0.4 is 10.5 Å². The molecular formula is C12H27N3O2S. The predicted octanol–water partition coefficient (Wildman–Crippen LogP) is 1.07. The fraction of sp³-hybridized carbons (Fsp3) is 1.00. The molecule has 18 heavy (non-hydrogen) atoms. The molecule has 0 aromatic carbocycles. The lowest BCUT2D eigenvalue weighted by molar-refractivity contribution is 0.202. The third-order valence-electron chi connectivity index (χ3n) is 3.69. The normalized spacial score (nSPS) is 19.9. The summed E-state index contributed by atoms with van der Waals surface area (Å²) in [4.78, 5) is 0. The average Bonchev–Trinajstić information content (AvgIpc) is 2.77. The van der Waals surface area contributed by atoms with E-state index in [1.165, 1.54) is 0 Å². The fourth-order valence-corrected chi connectivity index (χ4v) is 4.51. The summed E-state index contributed by atoms with van der Waals surface area (Å²) in [6, 6.07) is 0. The van der Waals surface area contributed by atoms with Gasteiger partial charge in [0.2, 0.25) is 0 Å². The van der Waals surface area contributed by atoms with Crippen LogP contribution in [0.2, 0.25) is 0 Å². The van der Waals surface area contributed by atoms with E-state index in [1.54, 1.807) is 4.31 Å². The van der Waals surface area contributed by atoms with Crippen LogP contribution in [0.15, 0.2) is 0 Å². The van der Waals surface area contributed by atoms with E-state index in [1.807, 2.05) is 20.8 Å². The first kappa shape index (κ1) is 15.9. The smallest absolute Gasteiger partial charge is 0.279 e. The maximum atomic E-state index is 12.4. The third-order valence-corrected chi connectivity index (χ3v) is 5.45. The molecule has 0 amide bonds. The molecule has 0 saturated heterocycles. The molecule has 1 aliphatic rings. The van der Waals surface area contributed by atoms with E-state index in [9.17, 15) is 8.42 Å². The van der Waals surface area contributed by atoms with Gasteiger partial charge in [-0.2, -0.15) is 12.7 Å². The average molecular weight is 277 g/mol. The minimum atomic E-state index is -3.42. The standard InChI is InChI=1S/C12H27N3O2S/c1-4-15(12(10-13)7-5-6-8-12)18(16,17)14-9-11(2)3/h11,14H,4-10,13H2,1-3H3. The molecule has 1 rings (SSSR count). The topological polar surface area (TPSA) is 75.4 Å². The van der Waals surface area contributed by atoms with E-state index in [0.717, 1.165) is 25.7 Å². The molecule has 5 nitrogen and oxygen atoms in total. The van der Waals surface area contributed by atoms with Crippen molar-refractivity contribution in [2.24, 2.45) is 11.7 Å². The summed E-state index contributed by atoms with van der Waals surface area (Å²) in [5.41, 5.74) is 5.50. The highest BCUT2D eigenvalue weighted by Gasteiger charge is 2.43. The Hall–Kier alpha value is -0.170. The summed E-state index contributed by atoms with van der Waals surface area (Å²) in [7, 11) is -3.42. The van der Waals surface area contributed by atoms with Gasteiger partial charge in [0.25, 0.3) is 10.2 Å². The van der Waals surface area contributed by atoms with Crippen LogP contribution in [-0.4, -0.2) is 37.9 Å². The summed E-state index contributed by atoms with van der Waals surface area (Å²) >= 11 is 0. The first-order chi connectivity index (χ1) is 8.38. The predicted molar refractivity (Wildman–Crippen MR) is 74.4 cm³/mol. The van der Waals surface area contributed by atoms with Crippen LogP contribution in [0.25, 0.3) is 0 Å². The van der Waals surface area contributed by atoms with Crippen molar-refractivity contribution in [2.45, 2.75) is 52.0 Å². The second kappa shape index (κ2) is 6.32. The second-order valence-electron chi connectivity index (χ2n) is 5.55. The molecule has 6 heteroatoms. The summed E-state index contributed by atoms with van der Waals surface area (Å²) in [6.07, 6.45) is 3.88. The highest BCUT2D eigenvalue weighted by atomic mass is 32.2. The van der Waals surface area contributed by atoms with Crippen LogP contribution in [0.4, 0.5) is 0 Å². The molecule has 0 radical (unpaired) electrons. The van der Waals surface area contributed by atoms with E-state index in [2.05, 4.69) is 4.72 Å². The van der Waals surface area contributed by atoms with Gasteiger partial charge in [-0.1, -0.05) is 33.6 Å². The summed E-state index contributed by atoms with van der Waals surface area (Å²) in [5, 5.41) is 0. The Morgan fingerprint density at radius 2 is 1.89 bits per heavy atom. The van der Waals surface area contributed by atoms with Gasteiger partial charge < -0.3 is 5.73 Å². The number of nitrogens with one attached hydrogen (secondary N) is 1. The van der Waals surface area contributed by atoms with Crippen molar-refractivity contribution in [1.82, 2.24) is 9.03 Å². The number of hydrogen-bond acceptors (Lipinski definition) is 3. The number of hydrogen-bond donors (Lipinski definition) is 2. The van der Waals surface area contributed by atoms with Crippen molar-refractivity contribution >= 4 is 10.2 Å². The van der Waals surface area contributed by atoms with Crippen molar-refractivity contribution in [3.8, 4) is 0 Å².